The first kappa shape index (κ1) is 64.6. The minimum absolute atomic E-state index is 0.385. The maximum absolute atomic E-state index is 13.4. The van der Waals surface area contributed by atoms with Crippen LogP contribution in [0.2, 0.25) is 0 Å². The largest absolute Gasteiger partial charge is 0.379 e. The third-order valence-electron chi connectivity index (χ3n) is 13.3. The lowest BCUT2D eigenvalue weighted by Gasteiger charge is -2.26. The van der Waals surface area contributed by atoms with Crippen LogP contribution in [-0.2, 0) is 14.4 Å². The average molecular weight is 941 g/mol. The summed E-state index contributed by atoms with van der Waals surface area (Å²) in [5, 5.41) is 20.3. The molecule has 0 aromatic carbocycles. The highest BCUT2D eigenvalue weighted by molar-refractivity contribution is 5.95. The molecule has 0 fully saturated rings. The first-order valence-corrected chi connectivity index (χ1v) is 29.4. The summed E-state index contributed by atoms with van der Waals surface area (Å²) in [6.45, 7) is 8.24. The molecule has 0 atom stereocenters. The zero-order valence-electron chi connectivity index (χ0n) is 44.9. The molecule has 3 amide bonds. The Balaban J connectivity index is 4.52. The van der Waals surface area contributed by atoms with E-state index >= 15 is 0 Å². The van der Waals surface area contributed by atoms with Crippen molar-refractivity contribution in [1.29, 1.82) is 0 Å². The molecule has 0 spiro atoms. The van der Waals surface area contributed by atoms with Crippen molar-refractivity contribution in [3.63, 3.8) is 0 Å². The van der Waals surface area contributed by atoms with E-state index in [0.29, 0.717) is 19.6 Å². The van der Waals surface area contributed by atoms with Crippen LogP contribution in [0.1, 0.15) is 303 Å². The lowest BCUT2D eigenvalue weighted by molar-refractivity contribution is -0.149. The van der Waals surface area contributed by atoms with E-state index in [0.717, 1.165) is 77.0 Å². The second-order valence-electron chi connectivity index (χ2n) is 20.2. The highest BCUT2D eigenvalue weighted by Crippen LogP contribution is 2.18. The average Bonchev–Trinajstić information content (AvgIpc) is 3.31. The van der Waals surface area contributed by atoms with Crippen molar-refractivity contribution in [2.24, 2.45) is 0 Å². The number of hydrogen-bond donors (Lipinski definition) is 4. The topological polar surface area (TPSA) is 108 Å². The minimum atomic E-state index is -2.08. The van der Waals surface area contributed by atoms with Crippen molar-refractivity contribution in [2.45, 2.75) is 309 Å². The third kappa shape index (κ3) is 48.4. The zero-order chi connectivity index (χ0) is 48.8. The number of unbranched alkanes of at least 4 members (excludes halogenated alkanes) is 36. The molecule has 7 heteroatoms. The summed E-state index contributed by atoms with van der Waals surface area (Å²) in [7, 11) is 0. The predicted molar refractivity (Wildman–Crippen MR) is 292 cm³/mol. The highest BCUT2D eigenvalue weighted by Gasteiger charge is 2.40. The standard InChI is InChI=1S/C60H113N3O4/c1-4-7-10-13-16-19-22-25-28-31-34-37-40-43-46-49-52-61-57(64)55-60(67,59(66)63-54-51-48-45-42-39-36-33-30-27-24-21-18-15-12-9-6-3)56-58(65)62-53-50-47-44-41-38-35-32-29-26-23-20-17-14-11-8-5-2/h25-30,67H,4-24,31-56H2,1-3H3,(H,61,64)(H,62,65)(H,63,66)/b28-25-,29-26-,30-27-. The summed E-state index contributed by atoms with van der Waals surface area (Å²) < 4.78 is 0. The van der Waals surface area contributed by atoms with Gasteiger partial charge in [-0.25, -0.2) is 0 Å². The normalized spacial score (nSPS) is 12.0. The molecular weight excluding hydrogens is 827 g/mol. The van der Waals surface area contributed by atoms with Gasteiger partial charge in [0.15, 0.2) is 5.60 Å². The Bertz CT molecular complexity index is 1110. The zero-order valence-corrected chi connectivity index (χ0v) is 44.9. The SMILES string of the molecule is CCCCCCCC/C=C\CCCCCCCCNC(=O)CC(O)(CC(=O)NCCCCCCCC/C=C\CCCCCCCC)C(=O)NCCCCCCCC/C=C\CCCCCCCC. The number of amides is 3. The Labute approximate surface area is 416 Å². The van der Waals surface area contributed by atoms with E-state index in [9.17, 15) is 19.5 Å². The molecule has 0 bridgehead atoms. The van der Waals surface area contributed by atoms with Crippen LogP contribution in [0.5, 0.6) is 0 Å². The number of aliphatic hydroxyl groups is 1. The fourth-order valence-corrected chi connectivity index (χ4v) is 8.82. The molecule has 67 heavy (non-hydrogen) atoms. The molecule has 0 aromatic heterocycles. The number of nitrogens with one attached hydrogen (secondary N) is 3. The minimum Gasteiger partial charge on any atom is -0.379 e. The molecule has 0 unspecified atom stereocenters. The summed E-state index contributed by atoms with van der Waals surface area (Å²) in [5.41, 5.74) is -2.08. The Hall–Kier alpha value is -2.41. The van der Waals surface area contributed by atoms with E-state index < -0.39 is 24.3 Å². The van der Waals surface area contributed by atoms with Crippen molar-refractivity contribution in [1.82, 2.24) is 16.0 Å². The lowest BCUT2D eigenvalue weighted by Crippen LogP contribution is -2.52. The van der Waals surface area contributed by atoms with Gasteiger partial charge in [0.25, 0.3) is 5.91 Å². The van der Waals surface area contributed by atoms with Crippen molar-refractivity contribution in [3.05, 3.63) is 36.5 Å². The van der Waals surface area contributed by atoms with E-state index in [-0.39, 0.29) is 11.8 Å². The van der Waals surface area contributed by atoms with Crippen LogP contribution in [-0.4, -0.2) is 48.1 Å². The maximum atomic E-state index is 13.4. The summed E-state index contributed by atoms with van der Waals surface area (Å²) >= 11 is 0. The lowest BCUT2D eigenvalue weighted by atomic mass is 9.93. The Morgan fingerprint density at radius 2 is 0.522 bits per heavy atom. The smallest absolute Gasteiger partial charge is 0.253 e. The predicted octanol–water partition coefficient (Wildman–Crippen LogP) is 17.0. The van der Waals surface area contributed by atoms with Gasteiger partial charge in [-0.05, 0) is 96.3 Å². The second-order valence-corrected chi connectivity index (χ2v) is 20.2. The van der Waals surface area contributed by atoms with Crippen LogP contribution in [0, 0.1) is 0 Å². The molecule has 0 aromatic rings. The molecule has 0 saturated carbocycles. The number of carbonyl (C=O) groups is 3. The van der Waals surface area contributed by atoms with Crippen LogP contribution in [0.4, 0.5) is 0 Å². The van der Waals surface area contributed by atoms with Crippen molar-refractivity contribution < 1.29 is 19.5 Å². The number of rotatable bonds is 53. The van der Waals surface area contributed by atoms with Gasteiger partial charge >= 0.3 is 0 Å². The van der Waals surface area contributed by atoms with E-state index in [1.165, 1.54) is 193 Å². The van der Waals surface area contributed by atoms with E-state index in [4.69, 9.17) is 0 Å². The summed E-state index contributed by atoms with van der Waals surface area (Å²) in [4.78, 5) is 39.6. The van der Waals surface area contributed by atoms with Gasteiger partial charge < -0.3 is 21.1 Å². The van der Waals surface area contributed by atoms with Gasteiger partial charge in [-0.1, -0.05) is 231 Å². The Morgan fingerprint density at radius 3 is 0.776 bits per heavy atom. The molecular formula is C60H113N3O4. The fraction of sp³-hybridized carbons (Fsp3) is 0.850. The quantitative estimate of drug-likeness (QED) is 0.0360. The first-order chi connectivity index (χ1) is 32.9. The van der Waals surface area contributed by atoms with Crippen molar-refractivity contribution in [2.75, 3.05) is 19.6 Å². The Morgan fingerprint density at radius 1 is 0.313 bits per heavy atom. The molecule has 0 aliphatic carbocycles. The highest BCUT2D eigenvalue weighted by atomic mass is 16.3. The van der Waals surface area contributed by atoms with Crippen LogP contribution < -0.4 is 16.0 Å². The van der Waals surface area contributed by atoms with Crippen molar-refractivity contribution >= 4 is 17.7 Å². The van der Waals surface area contributed by atoms with Crippen LogP contribution in [0.25, 0.3) is 0 Å². The van der Waals surface area contributed by atoms with E-state index in [1.807, 2.05) is 0 Å². The molecule has 0 rings (SSSR count). The molecule has 0 heterocycles. The van der Waals surface area contributed by atoms with Gasteiger partial charge in [0.05, 0.1) is 12.8 Å². The summed E-state index contributed by atoms with van der Waals surface area (Å²) in [6.07, 6.45) is 64.6. The van der Waals surface area contributed by atoms with Crippen LogP contribution >= 0.6 is 0 Å². The monoisotopic (exact) mass is 940 g/mol. The van der Waals surface area contributed by atoms with Gasteiger partial charge in [-0.2, -0.15) is 0 Å². The van der Waals surface area contributed by atoms with Crippen LogP contribution in [0.15, 0.2) is 36.5 Å². The van der Waals surface area contributed by atoms with Gasteiger partial charge in [0.2, 0.25) is 11.8 Å². The van der Waals surface area contributed by atoms with E-state index in [2.05, 4.69) is 73.2 Å². The summed E-state index contributed by atoms with van der Waals surface area (Å²) in [6, 6.07) is 0. The van der Waals surface area contributed by atoms with Gasteiger partial charge in [-0.15, -0.1) is 0 Å². The molecule has 0 aliphatic heterocycles. The summed E-state index contributed by atoms with van der Waals surface area (Å²) in [5.74, 6) is -1.40. The maximum Gasteiger partial charge on any atom is 0.253 e. The first-order valence-electron chi connectivity index (χ1n) is 29.4. The second kappa shape index (κ2) is 53.0. The van der Waals surface area contributed by atoms with Gasteiger partial charge in [0.1, 0.15) is 0 Å². The molecule has 7 nitrogen and oxygen atoms in total. The number of hydrogen-bond acceptors (Lipinski definition) is 4. The molecule has 0 radical (unpaired) electrons. The number of carbonyl (C=O) groups excluding carboxylic acids is 3. The van der Waals surface area contributed by atoms with Gasteiger partial charge in [-0.3, -0.25) is 14.4 Å². The number of allylic oxidation sites excluding steroid dienone is 6. The van der Waals surface area contributed by atoms with Gasteiger partial charge in [0, 0.05) is 19.6 Å². The fourth-order valence-electron chi connectivity index (χ4n) is 8.82. The molecule has 4 N–H and O–H groups in total. The van der Waals surface area contributed by atoms with Crippen LogP contribution in [0.3, 0.4) is 0 Å². The molecule has 0 saturated heterocycles. The third-order valence-corrected chi connectivity index (χ3v) is 13.3. The Kier molecular flexibility index (Phi) is 51.0. The van der Waals surface area contributed by atoms with Crippen molar-refractivity contribution in [3.8, 4) is 0 Å². The molecule has 392 valence electrons. The molecule has 0 aliphatic rings. The van der Waals surface area contributed by atoms with E-state index in [1.54, 1.807) is 0 Å².